The molecule has 2 aromatic rings. The normalized spacial score (nSPS) is 22.4. The number of ether oxygens (including phenoxy) is 2. The van der Waals surface area contributed by atoms with Gasteiger partial charge >= 0.3 is 11.9 Å². The van der Waals surface area contributed by atoms with Gasteiger partial charge in [0.05, 0.1) is 5.41 Å². The second kappa shape index (κ2) is 12.2. The smallest absolute Gasteiger partial charge is 0.318 e. The molecule has 2 aromatic heterocycles. The summed E-state index contributed by atoms with van der Waals surface area (Å²) in [7, 11) is 2.95. The lowest BCUT2D eigenvalue weighted by Crippen LogP contribution is -2.74. The molecule has 2 aliphatic rings. The first-order chi connectivity index (χ1) is 19.4. The van der Waals surface area contributed by atoms with E-state index in [1.165, 1.54) is 40.2 Å². The molecule has 2 aliphatic heterocycles. The number of hydrogen-bond donors (Lipinski definition) is 2. The number of aryl methyl sites for hydroxylation is 1. The number of nitrogens with zero attached hydrogens (tertiary/aromatic N) is 7. The van der Waals surface area contributed by atoms with Crippen molar-refractivity contribution in [2.45, 2.75) is 37.3 Å². The summed E-state index contributed by atoms with van der Waals surface area (Å²) in [5.41, 5.74) is 3.84. The van der Waals surface area contributed by atoms with E-state index in [4.69, 9.17) is 20.0 Å². The molecule has 0 aliphatic carbocycles. The van der Waals surface area contributed by atoms with Crippen LogP contribution in [0.25, 0.3) is 0 Å². The Hall–Kier alpha value is -3.45. The third-order valence-corrected chi connectivity index (χ3v) is 9.64. The molecule has 16 nitrogen and oxygen atoms in total. The number of rotatable bonds is 10. The van der Waals surface area contributed by atoms with Crippen molar-refractivity contribution < 1.29 is 33.5 Å². The second-order valence-electron chi connectivity index (χ2n) is 10.2. The molecule has 4 heterocycles. The second-order valence-corrected chi connectivity index (χ2v) is 13.1. The van der Waals surface area contributed by atoms with Crippen molar-refractivity contribution >= 4 is 69.5 Å². The van der Waals surface area contributed by atoms with Gasteiger partial charge in [-0.1, -0.05) is 16.9 Å². The molecule has 0 spiro atoms. The van der Waals surface area contributed by atoms with Crippen molar-refractivity contribution in [3.8, 4) is 0 Å². The molecule has 4 rings (SSSR count). The van der Waals surface area contributed by atoms with Gasteiger partial charge in [-0.05, 0) is 31.2 Å². The number of anilines is 1. The number of oxime groups is 1. The Labute approximate surface area is 247 Å². The molecule has 41 heavy (non-hydrogen) atoms. The van der Waals surface area contributed by atoms with Crippen molar-refractivity contribution in [2.24, 2.45) is 23.0 Å². The third-order valence-electron chi connectivity index (χ3n) is 6.08. The number of esters is 2. The highest BCUT2D eigenvalue weighted by Crippen LogP contribution is 2.44. The molecule has 2 amide bonds. The quantitative estimate of drug-likeness (QED) is 0.0879. The Morgan fingerprint density at radius 1 is 1.32 bits per heavy atom. The van der Waals surface area contributed by atoms with E-state index < -0.39 is 46.9 Å². The average Bonchev–Trinajstić information content (AvgIpc) is 3.55. The maximum Gasteiger partial charge on any atom is 0.318 e. The fraction of sp³-hybridized carbons (Fsp3) is 0.591. The number of nitrogens with one attached hydrogen (secondary N) is 1. The maximum absolute atomic E-state index is 13.4. The molecular weight excluding hydrogens is 598 g/mol. The Morgan fingerprint density at radius 3 is 2.68 bits per heavy atom. The van der Waals surface area contributed by atoms with Crippen LogP contribution in [0.1, 0.15) is 26.5 Å². The Bertz CT molecular complexity index is 1360. The van der Waals surface area contributed by atoms with Crippen molar-refractivity contribution in [3.05, 3.63) is 11.1 Å². The average molecular weight is 628 g/mol. The summed E-state index contributed by atoms with van der Waals surface area (Å²) in [5, 5.41) is 19.6. The zero-order valence-corrected chi connectivity index (χ0v) is 25.3. The summed E-state index contributed by atoms with van der Waals surface area (Å²) in [4.78, 5) is 62.1. The number of thiazole rings is 1. The number of tetrazole rings is 1. The number of nitrogens with two attached hydrogens (primary N) is 1. The van der Waals surface area contributed by atoms with Gasteiger partial charge in [-0.25, -0.2) is 9.67 Å². The number of hydrogen-bond acceptors (Lipinski definition) is 16. The van der Waals surface area contributed by atoms with E-state index in [9.17, 15) is 19.2 Å². The lowest BCUT2D eigenvalue weighted by atomic mass is 9.89. The van der Waals surface area contributed by atoms with Crippen molar-refractivity contribution in [3.63, 3.8) is 0 Å². The lowest BCUT2D eigenvalue weighted by molar-refractivity contribution is -0.180. The maximum atomic E-state index is 13.4. The van der Waals surface area contributed by atoms with Gasteiger partial charge < -0.3 is 30.3 Å². The molecule has 2 fully saturated rings. The fourth-order valence-corrected chi connectivity index (χ4v) is 7.10. The van der Waals surface area contributed by atoms with E-state index in [0.29, 0.717) is 5.16 Å². The molecule has 2 saturated heterocycles. The highest BCUT2D eigenvalue weighted by atomic mass is 32.2. The van der Waals surface area contributed by atoms with Gasteiger partial charge in [-0.3, -0.25) is 19.2 Å². The highest BCUT2D eigenvalue weighted by molar-refractivity contribution is 8.00. The van der Waals surface area contributed by atoms with E-state index in [0.717, 1.165) is 11.3 Å². The van der Waals surface area contributed by atoms with Gasteiger partial charge in [0.1, 0.15) is 29.6 Å². The van der Waals surface area contributed by atoms with E-state index in [2.05, 4.69) is 31.0 Å². The van der Waals surface area contributed by atoms with E-state index >= 15 is 0 Å². The van der Waals surface area contributed by atoms with Crippen LogP contribution < -0.4 is 11.1 Å². The van der Waals surface area contributed by atoms with Gasteiger partial charge in [0, 0.05) is 30.5 Å². The van der Waals surface area contributed by atoms with Crippen molar-refractivity contribution in [2.75, 3.05) is 37.7 Å². The molecule has 0 bridgehead atoms. The van der Waals surface area contributed by atoms with Gasteiger partial charge in [0.2, 0.25) is 17.9 Å². The summed E-state index contributed by atoms with van der Waals surface area (Å²) in [6, 6.07) is -0.858. The first kappa shape index (κ1) is 30.5. The number of β-lactam (4-membered cyclic amide) rings is 1. The minimum absolute atomic E-state index is 0.0157. The van der Waals surface area contributed by atoms with Crippen LogP contribution in [0.15, 0.2) is 15.7 Å². The molecule has 2 unspecified atom stereocenters. The van der Waals surface area contributed by atoms with Crippen LogP contribution in [0.5, 0.6) is 0 Å². The van der Waals surface area contributed by atoms with E-state index in [1.807, 2.05) is 0 Å². The predicted octanol–water partition coefficient (Wildman–Crippen LogP) is -0.132. The highest BCUT2D eigenvalue weighted by Gasteiger charge is 2.58. The number of thioether (sulfide) groups is 2. The first-order valence-electron chi connectivity index (χ1n) is 12.1. The van der Waals surface area contributed by atoms with Gasteiger partial charge in [0.15, 0.2) is 10.8 Å². The summed E-state index contributed by atoms with van der Waals surface area (Å²) in [6.45, 7) is 4.51. The number of fused-ring (bicyclic) bond motifs is 1. The molecule has 3 N–H and O–H groups in total. The van der Waals surface area contributed by atoms with Crippen LogP contribution in [0.4, 0.5) is 5.13 Å². The zero-order chi connectivity index (χ0) is 29.9. The van der Waals surface area contributed by atoms with Gasteiger partial charge in [-0.2, -0.15) is 0 Å². The SMILES string of the molecule is CON=C(C(=O)NC1C(=O)N2CC(CSc3nnnn3C)(C(=O)OCOC(=O)C(C)(C)C)CS[C@H]12)c1csc(N)n1. The minimum atomic E-state index is -1.17. The Morgan fingerprint density at radius 2 is 2.07 bits per heavy atom. The topological polar surface area (TPSA) is 206 Å². The van der Waals surface area contributed by atoms with Crippen LogP contribution in [-0.4, -0.2) is 103 Å². The molecule has 19 heteroatoms. The van der Waals surface area contributed by atoms with E-state index in [-0.39, 0.29) is 40.5 Å². The summed E-state index contributed by atoms with van der Waals surface area (Å²) in [6.07, 6.45) is 0. The third kappa shape index (κ3) is 6.56. The van der Waals surface area contributed by atoms with Crippen molar-refractivity contribution in [1.82, 2.24) is 35.4 Å². The van der Waals surface area contributed by atoms with Crippen LogP contribution in [0.3, 0.4) is 0 Å². The standard InChI is InChI=1S/C22H29N9O7S3/c1-21(2,3)17(34)37-10-38-18(35)22(9-41-20-26-28-29-30(20)4)7-31-15(33)13(16(31)40-8-22)25-14(32)12(27-36-5)11-6-39-19(23)24-11/h6,13,16H,7-10H2,1-5H3,(H2,23,24)(H,25,32)/t13?,16-,22?/m1/s1. The largest absolute Gasteiger partial charge is 0.427 e. The summed E-state index contributed by atoms with van der Waals surface area (Å²) >= 11 is 3.68. The molecule has 3 atom stereocenters. The van der Waals surface area contributed by atoms with Gasteiger partial charge in [0.25, 0.3) is 5.91 Å². The summed E-state index contributed by atoms with van der Waals surface area (Å²) in [5.74, 6) is -1.76. The Kier molecular flexibility index (Phi) is 9.07. The number of carbonyl (C=O) groups is 4. The number of aromatic nitrogens is 5. The van der Waals surface area contributed by atoms with Crippen LogP contribution in [0, 0.1) is 10.8 Å². The number of nitrogen functional groups attached to an aromatic ring is 1. The van der Waals surface area contributed by atoms with E-state index in [1.54, 1.807) is 33.2 Å². The van der Waals surface area contributed by atoms with Crippen LogP contribution >= 0.6 is 34.9 Å². The van der Waals surface area contributed by atoms with Crippen molar-refractivity contribution in [1.29, 1.82) is 0 Å². The van der Waals surface area contributed by atoms with Crippen LogP contribution in [0.2, 0.25) is 0 Å². The number of carbonyl (C=O) groups excluding carboxylic acids is 4. The molecular formula is C22H29N9O7S3. The van der Waals surface area contributed by atoms with Gasteiger partial charge in [-0.15, -0.1) is 28.2 Å². The number of amides is 2. The molecule has 222 valence electrons. The lowest BCUT2D eigenvalue weighted by Gasteiger charge is -2.54. The Balaban J connectivity index is 1.45. The summed E-state index contributed by atoms with van der Waals surface area (Å²) < 4.78 is 11.9. The molecule has 0 aromatic carbocycles. The fourth-order valence-electron chi connectivity index (χ4n) is 3.85. The molecule has 0 saturated carbocycles. The molecule has 0 radical (unpaired) electrons. The first-order valence-corrected chi connectivity index (χ1v) is 15.0. The monoisotopic (exact) mass is 627 g/mol. The van der Waals surface area contributed by atoms with Crippen LogP contribution in [-0.2, 0) is 40.5 Å². The zero-order valence-electron chi connectivity index (χ0n) is 22.9. The minimum Gasteiger partial charge on any atom is -0.427 e. The predicted molar refractivity (Wildman–Crippen MR) is 148 cm³/mol.